The number of halogens is 2. The largest absolute Gasteiger partial charge is 0.479 e. The van der Waals surface area contributed by atoms with Gasteiger partial charge in [-0.1, -0.05) is 23.2 Å². The third-order valence-corrected chi connectivity index (χ3v) is 3.22. The highest BCUT2D eigenvalue weighted by Crippen LogP contribution is 2.28. The van der Waals surface area contributed by atoms with Crippen LogP contribution in [0.3, 0.4) is 0 Å². The van der Waals surface area contributed by atoms with Crippen molar-refractivity contribution in [3.63, 3.8) is 0 Å². The number of ether oxygens (including phenoxy) is 1. The smallest absolute Gasteiger partial charge is 0.266 e. The van der Waals surface area contributed by atoms with Gasteiger partial charge >= 0.3 is 0 Å². The Bertz CT molecular complexity index is 724. The average molecular weight is 339 g/mol. The Labute approximate surface area is 137 Å². The lowest BCUT2D eigenvalue weighted by atomic mass is 10.3. The van der Waals surface area contributed by atoms with Crippen LogP contribution in [0.4, 0.5) is 5.82 Å². The van der Waals surface area contributed by atoms with E-state index < -0.39 is 6.10 Å². The van der Waals surface area contributed by atoms with E-state index in [4.69, 9.17) is 33.2 Å². The Balaban J connectivity index is 1.98. The fraction of sp³-hybridized carbons (Fsp3) is 0.214. The maximum atomic E-state index is 12.0. The van der Waals surface area contributed by atoms with Crippen molar-refractivity contribution in [2.45, 2.75) is 19.6 Å². The van der Waals surface area contributed by atoms with Crippen LogP contribution >= 0.6 is 23.2 Å². The summed E-state index contributed by atoms with van der Waals surface area (Å²) in [4.78, 5) is 12.0. The number of aromatic nitrogens is 2. The Morgan fingerprint density at radius 1 is 1.50 bits per heavy atom. The summed E-state index contributed by atoms with van der Waals surface area (Å²) in [6.45, 7) is 1.70. The molecule has 8 heteroatoms. The first kappa shape index (κ1) is 16.1. The van der Waals surface area contributed by atoms with Crippen LogP contribution in [-0.4, -0.2) is 21.8 Å². The number of anilines is 1. The van der Waals surface area contributed by atoms with Gasteiger partial charge in [-0.15, -0.1) is 0 Å². The maximum Gasteiger partial charge on any atom is 0.266 e. The van der Waals surface area contributed by atoms with Gasteiger partial charge in [0.05, 0.1) is 11.1 Å². The maximum absolute atomic E-state index is 12.0. The van der Waals surface area contributed by atoms with Crippen molar-refractivity contribution in [2.24, 2.45) is 0 Å². The van der Waals surface area contributed by atoms with Crippen LogP contribution in [0.15, 0.2) is 30.5 Å². The number of hydrogen-bond acceptors (Lipinski definition) is 4. The van der Waals surface area contributed by atoms with E-state index in [1.807, 2.05) is 6.07 Å². The molecule has 6 nitrogen and oxygen atoms in total. The van der Waals surface area contributed by atoms with Gasteiger partial charge < -0.3 is 10.1 Å². The predicted molar refractivity (Wildman–Crippen MR) is 83.0 cm³/mol. The molecule has 0 aliphatic carbocycles. The monoisotopic (exact) mass is 338 g/mol. The molecule has 0 bridgehead atoms. The van der Waals surface area contributed by atoms with E-state index >= 15 is 0 Å². The van der Waals surface area contributed by atoms with Crippen LogP contribution in [0.25, 0.3) is 0 Å². The number of carbonyl (C=O) groups is 1. The lowest BCUT2D eigenvalue weighted by Crippen LogP contribution is -2.30. The zero-order valence-electron chi connectivity index (χ0n) is 11.6. The van der Waals surface area contributed by atoms with E-state index in [2.05, 4.69) is 10.4 Å². The Morgan fingerprint density at radius 2 is 2.27 bits per heavy atom. The molecule has 0 radical (unpaired) electrons. The van der Waals surface area contributed by atoms with Crippen molar-refractivity contribution in [3.05, 3.63) is 40.5 Å². The standard InChI is InChI=1S/C14H12Cl2N4O2/c1-9(22-12-3-2-10(15)8-11(12)16)14(21)18-13-4-6-20(19-13)7-5-17/h2-4,6,8-9H,7H2,1H3,(H,18,19,21). The van der Waals surface area contributed by atoms with Gasteiger partial charge in [-0.2, -0.15) is 10.4 Å². The minimum Gasteiger partial charge on any atom is -0.479 e. The fourth-order valence-electron chi connectivity index (χ4n) is 1.63. The van der Waals surface area contributed by atoms with Crippen molar-refractivity contribution in [1.29, 1.82) is 5.26 Å². The molecular weight excluding hydrogens is 327 g/mol. The van der Waals surface area contributed by atoms with Gasteiger partial charge in [-0.3, -0.25) is 9.48 Å². The number of nitrogens with one attached hydrogen (secondary N) is 1. The second-order valence-electron chi connectivity index (χ2n) is 4.38. The number of nitrogens with zero attached hydrogens (tertiary/aromatic N) is 3. The summed E-state index contributed by atoms with van der Waals surface area (Å²) in [5, 5.41) is 16.0. The number of hydrogen-bond donors (Lipinski definition) is 1. The molecule has 0 saturated heterocycles. The number of benzene rings is 1. The van der Waals surface area contributed by atoms with Crippen molar-refractivity contribution >= 4 is 34.9 Å². The molecule has 1 aromatic heterocycles. The summed E-state index contributed by atoms with van der Waals surface area (Å²) in [6.07, 6.45) is 0.820. The summed E-state index contributed by atoms with van der Waals surface area (Å²) in [7, 11) is 0. The summed E-state index contributed by atoms with van der Waals surface area (Å²) in [6, 6.07) is 8.30. The molecule has 0 spiro atoms. The van der Waals surface area contributed by atoms with Gasteiger partial charge in [-0.25, -0.2) is 0 Å². The summed E-state index contributed by atoms with van der Waals surface area (Å²) in [5.74, 6) is 0.329. The first-order chi connectivity index (χ1) is 10.5. The van der Waals surface area contributed by atoms with Crippen molar-refractivity contribution in [3.8, 4) is 11.8 Å². The molecule has 1 unspecified atom stereocenters. The van der Waals surface area contributed by atoms with E-state index in [9.17, 15) is 4.79 Å². The zero-order chi connectivity index (χ0) is 16.1. The van der Waals surface area contributed by atoms with Crippen LogP contribution in [0.1, 0.15) is 6.92 Å². The summed E-state index contributed by atoms with van der Waals surface area (Å²) in [5.41, 5.74) is 0. The van der Waals surface area contributed by atoms with Crippen molar-refractivity contribution in [2.75, 3.05) is 5.32 Å². The van der Waals surface area contributed by atoms with Gasteiger partial charge in [0.25, 0.3) is 5.91 Å². The molecule has 0 aliphatic rings. The quantitative estimate of drug-likeness (QED) is 0.908. The lowest BCUT2D eigenvalue weighted by Gasteiger charge is -2.14. The van der Waals surface area contributed by atoms with E-state index in [-0.39, 0.29) is 12.5 Å². The number of amides is 1. The SMILES string of the molecule is CC(Oc1ccc(Cl)cc1Cl)C(=O)Nc1ccn(CC#N)n1. The van der Waals surface area contributed by atoms with E-state index in [1.165, 1.54) is 10.7 Å². The first-order valence-electron chi connectivity index (χ1n) is 6.32. The highest BCUT2D eigenvalue weighted by Gasteiger charge is 2.17. The molecule has 1 aromatic carbocycles. The molecular formula is C14H12Cl2N4O2. The lowest BCUT2D eigenvalue weighted by molar-refractivity contribution is -0.122. The highest BCUT2D eigenvalue weighted by atomic mass is 35.5. The first-order valence-corrected chi connectivity index (χ1v) is 7.08. The van der Waals surface area contributed by atoms with Gasteiger partial charge in [0.2, 0.25) is 0 Å². The average Bonchev–Trinajstić information content (AvgIpc) is 2.89. The van der Waals surface area contributed by atoms with Crippen molar-refractivity contribution in [1.82, 2.24) is 9.78 Å². The van der Waals surface area contributed by atoms with Crippen LogP contribution in [0.5, 0.6) is 5.75 Å². The second kappa shape index (κ2) is 7.16. The Hall–Kier alpha value is -2.23. The Morgan fingerprint density at radius 3 is 2.95 bits per heavy atom. The minimum absolute atomic E-state index is 0.113. The molecule has 2 aromatic rings. The molecule has 1 amide bonds. The molecule has 1 heterocycles. The number of carbonyl (C=O) groups excluding carboxylic acids is 1. The molecule has 1 N–H and O–H groups in total. The third-order valence-electron chi connectivity index (χ3n) is 2.69. The third kappa shape index (κ3) is 4.13. The molecule has 22 heavy (non-hydrogen) atoms. The molecule has 0 saturated carbocycles. The molecule has 2 rings (SSSR count). The van der Waals surface area contributed by atoms with Crippen LogP contribution < -0.4 is 10.1 Å². The highest BCUT2D eigenvalue weighted by molar-refractivity contribution is 6.35. The topological polar surface area (TPSA) is 79.9 Å². The summed E-state index contributed by atoms with van der Waals surface area (Å²) < 4.78 is 6.91. The van der Waals surface area contributed by atoms with Gasteiger partial charge in [0.15, 0.2) is 11.9 Å². The van der Waals surface area contributed by atoms with E-state index in [1.54, 1.807) is 31.3 Å². The van der Waals surface area contributed by atoms with Gasteiger partial charge in [-0.05, 0) is 25.1 Å². The summed E-state index contributed by atoms with van der Waals surface area (Å²) >= 11 is 11.8. The van der Waals surface area contributed by atoms with Crippen molar-refractivity contribution < 1.29 is 9.53 Å². The van der Waals surface area contributed by atoms with Crippen LogP contribution in [0, 0.1) is 11.3 Å². The normalized spacial score (nSPS) is 11.5. The molecule has 114 valence electrons. The fourth-order valence-corrected chi connectivity index (χ4v) is 2.08. The number of nitriles is 1. The second-order valence-corrected chi connectivity index (χ2v) is 5.22. The van der Waals surface area contributed by atoms with Gasteiger partial charge in [0, 0.05) is 17.3 Å². The van der Waals surface area contributed by atoms with Crippen LogP contribution in [-0.2, 0) is 11.3 Å². The number of rotatable bonds is 5. The zero-order valence-corrected chi connectivity index (χ0v) is 13.1. The van der Waals surface area contributed by atoms with Gasteiger partial charge in [0.1, 0.15) is 12.3 Å². The molecule has 0 aliphatic heterocycles. The molecule has 0 fully saturated rings. The van der Waals surface area contributed by atoms with Crippen LogP contribution in [0.2, 0.25) is 10.0 Å². The predicted octanol–water partition coefficient (Wildman–Crippen LogP) is 3.12. The van der Waals surface area contributed by atoms with E-state index in [0.717, 1.165) is 0 Å². The van der Waals surface area contributed by atoms with E-state index in [0.29, 0.717) is 21.6 Å². The Kier molecular flexibility index (Phi) is 5.26. The minimum atomic E-state index is -0.778. The molecule has 1 atom stereocenters.